The van der Waals surface area contributed by atoms with Crippen LogP contribution in [0.5, 0.6) is 11.5 Å². The number of ether oxygens (including phenoxy) is 2. The van der Waals surface area contributed by atoms with E-state index in [1.165, 1.54) is 16.4 Å². The first-order chi connectivity index (χ1) is 12.1. The molecule has 9 heteroatoms. The quantitative estimate of drug-likeness (QED) is 0.550. The van der Waals surface area contributed by atoms with Gasteiger partial charge in [-0.3, -0.25) is 0 Å². The van der Waals surface area contributed by atoms with E-state index in [0.29, 0.717) is 46.5 Å². The largest absolute Gasteiger partial charge is 0.486 e. The number of rotatable bonds is 4. The first-order valence-electron chi connectivity index (χ1n) is 7.59. The Balaban J connectivity index is 1.54. The SMILES string of the molecule is Cc1occc1-c1nnc(SCc2cc(Cl)c3c(c2)OCCO3)n1N. The van der Waals surface area contributed by atoms with Crippen molar-refractivity contribution in [2.24, 2.45) is 0 Å². The van der Waals surface area contributed by atoms with Crippen LogP contribution >= 0.6 is 23.4 Å². The van der Waals surface area contributed by atoms with Gasteiger partial charge in [-0.2, -0.15) is 0 Å². The van der Waals surface area contributed by atoms with Crippen LogP contribution in [-0.4, -0.2) is 28.1 Å². The summed E-state index contributed by atoms with van der Waals surface area (Å²) in [5, 5.41) is 9.45. The van der Waals surface area contributed by atoms with E-state index < -0.39 is 0 Å². The third kappa shape index (κ3) is 3.03. The van der Waals surface area contributed by atoms with Crippen LogP contribution in [0.2, 0.25) is 5.02 Å². The molecule has 4 rings (SSSR count). The highest BCUT2D eigenvalue weighted by molar-refractivity contribution is 7.98. The Bertz CT molecular complexity index is 924. The zero-order valence-electron chi connectivity index (χ0n) is 13.4. The minimum atomic E-state index is 0.507. The van der Waals surface area contributed by atoms with E-state index >= 15 is 0 Å². The van der Waals surface area contributed by atoms with Gasteiger partial charge in [0.15, 0.2) is 17.3 Å². The lowest BCUT2D eigenvalue weighted by molar-refractivity contribution is 0.171. The van der Waals surface area contributed by atoms with Crippen molar-refractivity contribution in [3.63, 3.8) is 0 Å². The minimum absolute atomic E-state index is 0.507. The van der Waals surface area contributed by atoms with Crippen molar-refractivity contribution >= 4 is 23.4 Å². The fraction of sp³-hybridized carbons (Fsp3) is 0.250. The maximum absolute atomic E-state index is 6.27. The Morgan fingerprint density at radius 1 is 1.28 bits per heavy atom. The fourth-order valence-electron chi connectivity index (χ4n) is 2.57. The monoisotopic (exact) mass is 378 g/mol. The number of nitrogen functional groups attached to an aromatic ring is 1. The highest BCUT2D eigenvalue weighted by Gasteiger charge is 2.18. The van der Waals surface area contributed by atoms with E-state index in [9.17, 15) is 0 Å². The highest BCUT2D eigenvalue weighted by Crippen LogP contribution is 2.39. The van der Waals surface area contributed by atoms with Crippen molar-refractivity contribution in [1.82, 2.24) is 14.9 Å². The van der Waals surface area contributed by atoms with E-state index in [0.717, 1.165) is 16.9 Å². The van der Waals surface area contributed by atoms with Gasteiger partial charge in [0.25, 0.3) is 0 Å². The summed E-state index contributed by atoms with van der Waals surface area (Å²) in [4.78, 5) is 0. The van der Waals surface area contributed by atoms with Crippen LogP contribution in [0.15, 0.2) is 34.0 Å². The molecule has 130 valence electrons. The van der Waals surface area contributed by atoms with Gasteiger partial charge in [-0.05, 0) is 30.7 Å². The summed E-state index contributed by atoms with van der Waals surface area (Å²) in [5.41, 5.74) is 1.81. The van der Waals surface area contributed by atoms with Crippen LogP contribution in [0.25, 0.3) is 11.4 Å². The molecule has 0 radical (unpaired) electrons. The van der Waals surface area contributed by atoms with Gasteiger partial charge in [-0.25, -0.2) is 4.68 Å². The molecule has 1 aliphatic heterocycles. The number of benzene rings is 1. The average molecular weight is 379 g/mol. The van der Waals surface area contributed by atoms with E-state index in [1.54, 1.807) is 6.26 Å². The number of fused-ring (bicyclic) bond motifs is 1. The Labute approximate surface area is 153 Å². The summed E-state index contributed by atoms with van der Waals surface area (Å²) >= 11 is 7.73. The fourth-order valence-corrected chi connectivity index (χ4v) is 3.65. The Kier molecular flexibility index (Phi) is 4.22. The second-order valence-corrected chi connectivity index (χ2v) is 6.81. The molecule has 0 amide bonds. The van der Waals surface area contributed by atoms with Crippen molar-refractivity contribution in [1.29, 1.82) is 0 Å². The molecule has 1 aromatic carbocycles. The van der Waals surface area contributed by atoms with E-state index in [2.05, 4.69) is 10.2 Å². The standard InChI is InChI=1S/C16H15ClN4O3S/c1-9-11(2-3-22-9)15-19-20-16(21(15)18)25-8-10-6-12(17)14-13(7-10)23-4-5-24-14/h2-3,6-7H,4-5,8,18H2,1H3. The molecule has 1 aliphatic rings. The molecular formula is C16H15ClN4O3S. The molecule has 0 fully saturated rings. The van der Waals surface area contributed by atoms with Crippen molar-refractivity contribution in [2.45, 2.75) is 17.8 Å². The summed E-state index contributed by atoms with van der Waals surface area (Å²) in [6.07, 6.45) is 1.60. The molecule has 25 heavy (non-hydrogen) atoms. The minimum Gasteiger partial charge on any atom is -0.486 e. The highest BCUT2D eigenvalue weighted by atomic mass is 35.5. The zero-order chi connectivity index (χ0) is 17.4. The van der Waals surface area contributed by atoms with Crippen molar-refractivity contribution in [3.8, 4) is 22.9 Å². The molecule has 0 saturated carbocycles. The summed E-state index contributed by atoms with van der Waals surface area (Å²) in [5.74, 6) is 9.32. The molecule has 0 atom stereocenters. The number of nitrogens with two attached hydrogens (primary N) is 1. The molecule has 2 N–H and O–H groups in total. The van der Waals surface area contributed by atoms with Crippen LogP contribution in [0.4, 0.5) is 0 Å². The first-order valence-corrected chi connectivity index (χ1v) is 8.95. The molecule has 3 heterocycles. The third-order valence-electron chi connectivity index (χ3n) is 3.79. The number of hydrogen-bond acceptors (Lipinski definition) is 7. The maximum Gasteiger partial charge on any atom is 0.210 e. The van der Waals surface area contributed by atoms with Gasteiger partial charge in [-0.1, -0.05) is 23.4 Å². The number of furan rings is 1. The zero-order valence-corrected chi connectivity index (χ0v) is 14.9. The van der Waals surface area contributed by atoms with Crippen LogP contribution in [0.1, 0.15) is 11.3 Å². The first kappa shape index (κ1) is 16.2. The number of hydrogen-bond donors (Lipinski definition) is 1. The van der Waals surface area contributed by atoms with Gasteiger partial charge in [0, 0.05) is 5.75 Å². The van der Waals surface area contributed by atoms with Crippen LogP contribution < -0.4 is 15.3 Å². The van der Waals surface area contributed by atoms with E-state index in [1.807, 2.05) is 25.1 Å². The van der Waals surface area contributed by atoms with Crippen molar-refractivity contribution in [3.05, 3.63) is 40.8 Å². The second kappa shape index (κ2) is 6.53. The van der Waals surface area contributed by atoms with Crippen molar-refractivity contribution in [2.75, 3.05) is 19.1 Å². The third-order valence-corrected chi connectivity index (χ3v) is 5.08. The lowest BCUT2D eigenvalue weighted by Crippen LogP contribution is -2.15. The summed E-state index contributed by atoms with van der Waals surface area (Å²) in [7, 11) is 0. The molecule has 0 unspecified atom stereocenters. The average Bonchev–Trinajstić information content (AvgIpc) is 3.18. The Morgan fingerprint density at radius 3 is 2.92 bits per heavy atom. The molecule has 0 saturated heterocycles. The molecule has 3 aromatic rings. The lowest BCUT2D eigenvalue weighted by atomic mass is 10.2. The van der Waals surface area contributed by atoms with Gasteiger partial charge >= 0.3 is 0 Å². The predicted molar refractivity (Wildman–Crippen MR) is 94.6 cm³/mol. The van der Waals surface area contributed by atoms with Crippen molar-refractivity contribution < 1.29 is 13.9 Å². The van der Waals surface area contributed by atoms with Gasteiger partial charge < -0.3 is 19.7 Å². The molecule has 7 nitrogen and oxygen atoms in total. The number of thioether (sulfide) groups is 1. The lowest BCUT2D eigenvalue weighted by Gasteiger charge is -2.20. The Morgan fingerprint density at radius 2 is 2.12 bits per heavy atom. The molecule has 0 spiro atoms. The summed E-state index contributed by atoms with van der Waals surface area (Å²) in [6, 6.07) is 5.60. The van der Waals surface area contributed by atoms with Crippen LogP contribution in [0.3, 0.4) is 0 Å². The maximum atomic E-state index is 6.27. The van der Waals surface area contributed by atoms with E-state index in [4.69, 9.17) is 31.3 Å². The normalized spacial score (nSPS) is 13.2. The molecule has 0 bridgehead atoms. The summed E-state index contributed by atoms with van der Waals surface area (Å²) < 4.78 is 17.9. The van der Waals surface area contributed by atoms with Crippen LogP contribution in [0, 0.1) is 6.92 Å². The predicted octanol–water partition coefficient (Wildman–Crippen LogP) is 3.28. The van der Waals surface area contributed by atoms with Crippen LogP contribution in [-0.2, 0) is 5.75 Å². The number of aryl methyl sites for hydroxylation is 1. The number of nitrogens with zero attached hydrogens (tertiary/aromatic N) is 3. The van der Waals surface area contributed by atoms with Gasteiger partial charge in [0.1, 0.15) is 19.0 Å². The van der Waals surface area contributed by atoms with Gasteiger partial charge in [0.05, 0.1) is 16.8 Å². The summed E-state index contributed by atoms with van der Waals surface area (Å²) in [6.45, 7) is 2.88. The molecular weight excluding hydrogens is 364 g/mol. The van der Waals surface area contributed by atoms with E-state index in [-0.39, 0.29) is 0 Å². The molecule has 0 aliphatic carbocycles. The Hall–Kier alpha value is -2.32. The smallest absolute Gasteiger partial charge is 0.210 e. The van der Waals surface area contributed by atoms with Gasteiger partial charge in [-0.15, -0.1) is 10.2 Å². The topological polar surface area (TPSA) is 88.3 Å². The molecule has 2 aromatic heterocycles. The second-order valence-electron chi connectivity index (χ2n) is 5.46. The number of halogens is 1. The number of aromatic nitrogens is 3. The van der Waals surface area contributed by atoms with Gasteiger partial charge in [0.2, 0.25) is 5.16 Å².